The Morgan fingerprint density at radius 1 is 1.38 bits per heavy atom. The van der Waals surface area contributed by atoms with Gasteiger partial charge in [0.05, 0.1) is 12.3 Å². The maximum Gasteiger partial charge on any atom is 0.244 e. The Labute approximate surface area is 122 Å². The topological polar surface area (TPSA) is 95.1 Å². The second kappa shape index (κ2) is 5.92. The SMILES string of the molecule is Cc1[nH]nc(CO)c1S(=O)(=O)NC(C)c1ccc(F)cc1. The number of aromatic nitrogens is 2. The first-order chi connectivity index (χ1) is 9.85. The molecule has 0 aliphatic rings. The molecule has 0 saturated carbocycles. The molecule has 0 amide bonds. The molecule has 0 bridgehead atoms. The summed E-state index contributed by atoms with van der Waals surface area (Å²) in [6.45, 7) is 2.73. The van der Waals surface area contributed by atoms with Crippen molar-refractivity contribution in [3.8, 4) is 0 Å². The zero-order valence-electron chi connectivity index (χ0n) is 11.6. The van der Waals surface area contributed by atoms with E-state index >= 15 is 0 Å². The third kappa shape index (κ3) is 3.29. The van der Waals surface area contributed by atoms with Crippen molar-refractivity contribution in [3.05, 3.63) is 47.0 Å². The highest BCUT2D eigenvalue weighted by Crippen LogP contribution is 2.21. The molecule has 0 aliphatic carbocycles. The van der Waals surface area contributed by atoms with Crippen LogP contribution in [-0.2, 0) is 16.6 Å². The largest absolute Gasteiger partial charge is 0.390 e. The molecule has 1 atom stereocenters. The molecule has 2 rings (SSSR count). The van der Waals surface area contributed by atoms with Gasteiger partial charge >= 0.3 is 0 Å². The van der Waals surface area contributed by atoms with Crippen LogP contribution in [0.25, 0.3) is 0 Å². The summed E-state index contributed by atoms with van der Waals surface area (Å²) in [4.78, 5) is -0.0565. The van der Waals surface area contributed by atoms with Crippen LogP contribution in [-0.4, -0.2) is 23.7 Å². The number of sulfonamides is 1. The van der Waals surface area contributed by atoms with Crippen molar-refractivity contribution in [2.45, 2.75) is 31.4 Å². The van der Waals surface area contributed by atoms with E-state index in [0.717, 1.165) is 0 Å². The minimum atomic E-state index is -3.85. The minimum Gasteiger partial charge on any atom is -0.390 e. The van der Waals surface area contributed by atoms with E-state index < -0.39 is 22.7 Å². The van der Waals surface area contributed by atoms with E-state index in [1.54, 1.807) is 13.8 Å². The van der Waals surface area contributed by atoms with Crippen molar-refractivity contribution in [2.24, 2.45) is 0 Å². The van der Waals surface area contributed by atoms with E-state index in [1.807, 2.05) is 0 Å². The lowest BCUT2D eigenvalue weighted by molar-refractivity contribution is 0.273. The van der Waals surface area contributed by atoms with Crippen molar-refractivity contribution in [1.82, 2.24) is 14.9 Å². The van der Waals surface area contributed by atoms with Crippen LogP contribution < -0.4 is 4.72 Å². The van der Waals surface area contributed by atoms with Crippen LogP contribution in [0.15, 0.2) is 29.2 Å². The Morgan fingerprint density at radius 3 is 2.57 bits per heavy atom. The zero-order valence-corrected chi connectivity index (χ0v) is 12.4. The van der Waals surface area contributed by atoms with Crippen molar-refractivity contribution in [1.29, 1.82) is 0 Å². The summed E-state index contributed by atoms with van der Waals surface area (Å²) in [5.41, 5.74) is 1.04. The second-order valence-corrected chi connectivity index (χ2v) is 6.33. The van der Waals surface area contributed by atoms with Gasteiger partial charge in [-0.25, -0.2) is 17.5 Å². The average molecular weight is 313 g/mol. The molecule has 1 heterocycles. The number of benzene rings is 1. The van der Waals surface area contributed by atoms with Gasteiger partial charge in [0.1, 0.15) is 16.4 Å². The number of aliphatic hydroxyl groups excluding tert-OH is 1. The molecule has 21 heavy (non-hydrogen) atoms. The van der Waals surface area contributed by atoms with Gasteiger partial charge in [0.15, 0.2) is 0 Å². The molecule has 0 saturated heterocycles. The number of rotatable bonds is 5. The molecule has 1 aromatic carbocycles. The number of hydrogen-bond acceptors (Lipinski definition) is 4. The maximum atomic E-state index is 12.9. The van der Waals surface area contributed by atoms with Crippen molar-refractivity contribution in [2.75, 3.05) is 0 Å². The standard InChI is InChI=1S/C13H16FN3O3S/c1-8(10-3-5-11(14)6-4-10)17-21(19,20)13-9(2)15-16-12(13)7-18/h3-6,8,17-18H,7H2,1-2H3,(H,15,16). The Kier molecular flexibility index (Phi) is 4.40. The van der Waals surface area contributed by atoms with Crippen LogP contribution in [0.1, 0.15) is 29.9 Å². The van der Waals surface area contributed by atoms with Gasteiger partial charge < -0.3 is 5.11 Å². The molecule has 0 spiro atoms. The van der Waals surface area contributed by atoms with Gasteiger partial charge in [-0.05, 0) is 31.5 Å². The van der Waals surface area contributed by atoms with Gasteiger partial charge in [-0.3, -0.25) is 5.10 Å². The van der Waals surface area contributed by atoms with E-state index in [1.165, 1.54) is 24.3 Å². The highest BCUT2D eigenvalue weighted by atomic mass is 32.2. The van der Waals surface area contributed by atoms with Gasteiger partial charge in [0.2, 0.25) is 10.0 Å². The first-order valence-electron chi connectivity index (χ1n) is 6.27. The number of aromatic amines is 1. The predicted molar refractivity (Wildman–Crippen MR) is 74.4 cm³/mol. The summed E-state index contributed by atoms with van der Waals surface area (Å²) in [6.07, 6.45) is 0. The number of aliphatic hydroxyl groups is 1. The van der Waals surface area contributed by atoms with Crippen LogP contribution in [0.3, 0.4) is 0 Å². The van der Waals surface area contributed by atoms with E-state index in [9.17, 15) is 12.8 Å². The molecule has 1 unspecified atom stereocenters. The normalized spacial score (nSPS) is 13.3. The second-order valence-electron chi connectivity index (χ2n) is 4.68. The quantitative estimate of drug-likeness (QED) is 0.777. The lowest BCUT2D eigenvalue weighted by Gasteiger charge is -2.15. The van der Waals surface area contributed by atoms with Crippen LogP contribution >= 0.6 is 0 Å². The van der Waals surface area contributed by atoms with Gasteiger partial charge in [-0.1, -0.05) is 12.1 Å². The Hall–Kier alpha value is -1.77. The molecule has 1 aromatic heterocycles. The lowest BCUT2D eigenvalue weighted by atomic mass is 10.1. The summed E-state index contributed by atoms with van der Waals surface area (Å²) < 4.78 is 40.1. The van der Waals surface area contributed by atoms with Crippen molar-refractivity contribution >= 4 is 10.0 Å². The number of halogens is 1. The molecule has 8 heteroatoms. The minimum absolute atomic E-state index is 0.0565. The average Bonchev–Trinajstić information content (AvgIpc) is 2.80. The molecule has 0 aliphatic heterocycles. The van der Waals surface area contributed by atoms with Crippen molar-refractivity contribution < 1.29 is 17.9 Å². The molecular weight excluding hydrogens is 297 g/mol. The van der Waals surface area contributed by atoms with Gasteiger partial charge in [-0.2, -0.15) is 5.10 Å². The molecule has 3 N–H and O–H groups in total. The number of nitrogens with one attached hydrogen (secondary N) is 2. The Morgan fingerprint density at radius 2 is 2.00 bits per heavy atom. The molecular formula is C13H16FN3O3S. The molecule has 6 nitrogen and oxygen atoms in total. The molecule has 2 aromatic rings. The fraction of sp³-hybridized carbons (Fsp3) is 0.308. The van der Waals surface area contributed by atoms with Gasteiger partial charge in [-0.15, -0.1) is 0 Å². The number of aryl methyl sites for hydroxylation is 1. The first-order valence-corrected chi connectivity index (χ1v) is 7.76. The van der Waals surface area contributed by atoms with Crippen LogP contribution in [0, 0.1) is 12.7 Å². The highest BCUT2D eigenvalue weighted by Gasteiger charge is 2.25. The summed E-state index contributed by atoms with van der Waals surface area (Å²) >= 11 is 0. The number of hydrogen-bond donors (Lipinski definition) is 3. The third-order valence-corrected chi connectivity index (χ3v) is 4.82. The monoisotopic (exact) mass is 313 g/mol. The molecule has 0 fully saturated rings. The first kappa shape index (κ1) is 15.6. The van der Waals surface area contributed by atoms with E-state index in [4.69, 9.17) is 5.11 Å². The van der Waals surface area contributed by atoms with Crippen molar-refractivity contribution in [3.63, 3.8) is 0 Å². The fourth-order valence-electron chi connectivity index (χ4n) is 2.04. The smallest absolute Gasteiger partial charge is 0.244 e. The summed E-state index contributed by atoms with van der Waals surface area (Å²) in [7, 11) is -3.85. The Balaban J connectivity index is 2.28. The van der Waals surface area contributed by atoms with Gasteiger partial charge in [0.25, 0.3) is 0 Å². The maximum absolute atomic E-state index is 12.9. The number of nitrogens with zero attached hydrogens (tertiary/aromatic N) is 1. The Bertz CT molecular complexity index is 726. The summed E-state index contributed by atoms with van der Waals surface area (Å²) in [5.74, 6) is -0.387. The molecule has 114 valence electrons. The van der Waals surface area contributed by atoms with Gasteiger partial charge in [0, 0.05) is 6.04 Å². The fourth-order valence-corrected chi connectivity index (χ4v) is 3.63. The highest BCUT2D eigenvalue weighted by molar-refractivity contribution is 7.89. The van der Waals surface area contributed by atoms with Crippen LogP contribution in [0.4, 0.5) is 4.39 Å². The van der Waals surface area contributed by atoms with E-state index in [-0.39, 0.29) is 16.4 Å². The number of H-pyrrole nitrogens is 1. The lowest BCUT2D eigenvalue weighted by Crippen LogP contribution is -2.28. The predicted octanol–water partition coefficient (Wildman–Crippen LogP) is 1.39. The van der Waals surface area contributed by atoms with Crippen LogP contribution in [0.2, 0.25) is 0 Å². The molecule has 0 radical (unpaired) electrons. The van der Waals surface area contributed by atoms with Crippen LogP contribution in [0.5, 0.6) is 0 Å². The summed E-state index contributed by atoms with van der Waals surface area (Å²) in [6, 6.07) is 5.01. The van der Waals surface area contributed by atoms with E-state index in [0.29, 0.717) is 11.3 Å². The zero-order chi connectivity index (χ0) is 15.6. The summed E-state index contributed by atoms with van der Waals surface area (Å²) in [5, 5.41) is 15.4. The third-order valence-electron chi connectivity index (χ3n) is 3.08. The van der Waals surface area contributed by atoms with E-state index in [2.05, 4.69) is 14.9 Å².